The lowest BCUT2D eigenvalue weighted by atomic mass is 10.0. The van der Waals surface area contributed by atoms with E-state index >= 15 is 0 Å². The highest BCUT2D eigenvalue weighted by Crippen LogP contribution is 2.31. The molecule has 5 nitrogen and oxygen atoms in total. The standard InChI is InChI=1S/C15H17N3O2S2/c16-12-21-15-9-5-4-8-14(15)10-17-18-22(19,20)11-13-6-2-1-3-7-13/h1-3,6-7,10,18H,4-5,8-9,11H2/b17-10+. The molecule has 0 spiro atoms. The van der Waals surface area contributed by atoms with Gasteiger partial charge in [0.05, 0.1) is 12.0 Å². The van der Waals surface area contributed by atoms with Crippen molar-refractivity contribution in [3.63, 3.8) is 0 Å². The van der Waals surface area contributed by atoms with Crippen LogP contribution in [-0.4, -0.2) is 14.6 Å². The molecular weight excluding hydrogens is 318 g/mol. The quantitative estimate of drug-likeness (QED) is 0.492. The summed E-state index contributed by atoms with van der Waals surface area (Å²) in [6.45, 7) is 0. The van der Waals surface area contributed by atoms with Crippen molar-refractivity contribution < 1.29 is 8.42 Å². The lowest BCUT2D eigenvalue weighted by Crippen LogP contribution is -2.20. The lowest BCUT2D eigenvalue weighted by molar-refractivity contribution is 0.583. The molecule has 116 valence electrons. The van der Waals surface area contributed by atoms with E-state index in [0.717, 1.165) is 47.9 Å². The zero-order chi connectivity index (χ0) is 15.8. The third-order valence-electron chi connectivity index (χ3n) is 3.24. The summed E-state index contributed by atoms with van der Waals surface area (Å²) in [5.41, 5.74) is 1.66. The molecule has 7 heteroatoms. The number of thioether (sulfide) groups is 1. The molecule has 1 aliphatic rings. The molecule has 22 heavy (non-hydrogen) atoms. The number of allylic oxidation sites excluding steroid dienone is 2. The molecule has 0 bridgehead atoms. The number of nitrogens with zero attached hydrogens (tertiary/aromatic N) is 2. The summed E-state index contributed by atoms with van der Waals surface area (Å²) in [4.78, 5) is 3.22. The van der Waals surface area contributed by atoms with Crippen LogP contribution in [0, 0.1) is 10.7 Å². The number of sulfonamides is 1. The van der Waals surface area contributed by atoms with Gasteiger partial charge in [-0.15, -0.1) is 0 Å². The summed E-state index contributed by atoms with van der Waals surface area (Å²) in [6, 6.07) is 8.95. The van der Waals surface area contributed by atoms with Crippen LogP contribution in [0.4, 0.5) is 0 Å². The minimum atomic E-state index is -3.51. The number of hydrazone groups is 1. The lowest BCUT2D eigenvalue weighted by Gasteiger charge is -2.14. The Morgan fingerprint density at radius 2 is 2.00 bits per heavy atom. The highest BCUT2D eigenvalue weighted by atomic mass is 32.2. The van der Waals surface area contributed by atoms with Crippen molar-refractivity contribution in [2.45, 2.75) is 31.4 Å². The van der Waals surface area contributed by atoms with Crippen LogP contribution in [0.15, 0.2) is 45.9 Å². The SMILES string of the molecule is N#CSC1=C(/C=N/NS(=O)(=O)Cc2ccccc2)CCCC1. The van der Waals surface area contributed by atoms with Gasteiger partial charge in [0.15, 0.2) is 0 Å². The van der Waals surface area contributed by atoms with E-state index in [4.69, 9.17) is 5.26 Å². The average molecular weight is 335 g/mol. The van der Waals surface area contributed by atoms with Crippen molar-refractivity contribution in [2.75, 3.05) is 0 Å². The van der Waals surface area contributed by atoms with Crippen LogP contribution in [-0.2, 0) is 15.8 Å². The fraction of sp³-hybridized carbons (Fsp3) is 0.333. The first-order chi connectivity index (χ1) is 10.6. The molecule has 0 saturated heterocycles. The van der Waals surface area contributed by atoms with Gasteiger partial charge in [0.2, 0.25) is 0 Å². The Hall–Kier alpha value is -1.78. The molecule has 0 atom stereocenters. The molecular formula is C15H17N3O2S2. The van der Waals surface area contributed by atoms with Gasteiger partial charge in [0, 0.05) is 4.91 Å². The van der Waals surface area contributed by atoms with E-state index in [1.165, 1.54) is 6.21 Å². The highest BCUT2D eigenvalue weighted by Gasteiger charge is 2.13. The summed E-state index contributed by atoms with van der Waals surface area (Å²) < 4.78 is 23.9. The molecule has 1 aromatic rings. The Balaban J connectivity index is 2.00. The van der Waals surface area contributed by atoms with Gasteiger partial charge in [0.1, 0.15) is 5.40 Å². The van der Waals surface area contributed by atoms with E-state index in [0.29, 0.717) is 5.56 Å². The molecule has 0 saturated carbocycles. The zero-order valence-corrected chi connectivity index (χ0v) is 13.7. The summed E-state index contributed by atoms with van der Waals surface area (Å²) >= 11 is 1.14. The van der Waals surface area contributed by atoms with Gasteiger partial charge in [-0.05, 0) is 48.6 Å². The number of nitrogens with one attached hydrogen (secondary N) is 1. The smallest absolute Gasteiger partial charge is 0.205 e. The van der Waals surface area contributed by atoms with Crippen LogP contribution >= 0.6 is 11.8 Å². The molecule has 0 aromatic heterocycles. The molecule has 0 fully saturated rings. The minimum Gasteiger partial charge on any atom is -0.205 e. The fourth-order valence-electron chi connectivity index (χ4n) is 2.22. The number of hydrogen-bond acceptors (Lipinski definition) is 5. The largest absolute Gasteiger partial charge is 0.251 e. The topological polar surface area (TPSA) is 82.3 Å². The Kier molecular flexibility index (Phi) is 6.04. The molecule has 0 heterocycles. The monoisotopic (exact) mass is 335 g/mol. The molecule has 1 aromatic carbocycles. The molecule has 1 aliphatic carbocycles. The Morgan fingerprint density at radius 1 is 1.27 bits per heavy atom. The third kappa shape index (κ3) is 5.20. The highest BCUT2D eigenvalue weighted by molar-refractivity contribution is 8.07. The van der Waals surface area contributed by atoms with Crippen molar-refractivity contribution in [1.82, 2.24) is 4.83 Å². The fourth-order valence-corrected chi connectivity index (χ4v) is 3.77. The van der Waals surface area contributed by atoms with E-state index in [9.17, 15) is 8.42 Å². The summed E-state index contributed by atoms with van der Waals surface area (Å²) in [6.07, 6.45) is 5.31. The Labute approximate surface area is 135 Å². The Morgan fingerprint density at radius 3 is 2.73 bits per heavy atom. The second-order valence-corrected chi connectivity index (χ2v) is 7.52. The van der Waals surface area contributed by atoms with E-state index in [1.54, 1.807) is 24.3 Å². The number of hydrogen-bond donors (Lipinski definition) is 1. The van der Waals surface area contributed by atoms with Gasteiger partial charge in [-0.25, -0.2) is 13.2 Å². The van der Waals surface area contributed by atoms with Crippen LogP contribution in [0.25, 0.3) is 0 Å². The molecule has 2 rings (SSSR count). The summed E-state index contributed by atoms with van der Waals surface area (Å²) in [5, 5.41) is 14.7. The second kappa shape index (κ2) is 8.01. The molecule has 0 aliphatic heterocycles. The predicted octanol–water partition coefficient (Wildman–Crippen LogP) is 3.13. The first-order valence-electron chi connectivity index (χ1n) is 6.95. The van der Waals surface area contributed by atoms with Crippen LogP contribution in [0.3, 0.4) is 0 Å². The van der Waals surface area contributed by atoms with E-state index < -0.39 is 10.0 Å². The maximum Gasteiger partial charge on any atom is 0.251 e. The Bertz CT molecular complexity index is 704. The average Bonchev–Trinajstić information content (AvgIpc) is 2.50. The van der Waals surface area contributed by atoms with Crippen molar-refractivity contribution in [3.05, 3.63) is 46.4 Å². The van der Waals surface area contributed by atoms with Crippen LogP contribution in [0.5, 0.6) is 0 Å². The van der Waals surface area contributed by atoms with Crippen LogP contribution < -0.4 is 4.83 Å². The van der Waals surface area contributed by atoms with Gasteiger partial charge < -0.3 is 0 Å². The normalized spacial score (nSPS) is 15.8. The number of thiocyanates is 1. The summed E-state index contributed by atoms with van der Waals surface area (Å²) in [5.74, 6) is -0.107. The molecule has 0 amide bonds. The van der Waals surface area contributed by atoms with Crippen molar-refractivity contribution in [3.8, 4) is 5.40 Å². The number of nitriles is 1. The number of rotatable bonds is 6. The van der Waals surface area contributed by atoms with Gasteiger partial charge in [-0.1, -0.05) is 30.3 Å². The summed E-state index contributed by atoms with van der Waals surface area (Å²) in [7, 11) is -3.51. The van der Waals surface area contributed by atoms with Crippen molar-refractivity contribution in [1.29, 1.82) is 5.26 Å². The van der Waals surface area contributed by atoms with Crippen LogP contribution in [0.1, 0.15) is 31.2 Å². The molecule has 0 radical (unpaired) electrons. The molecule has 0 unspecified atom stereocenters. The van der Waals surface area contributed by atoms with Gasteiger partial charge in [-0.3, -0.25) is 0 Å². The third-order valence-corrected chi connectivity index (χ3v) is 5.14. The second-order valence-electron chi connectivity index (χ2n) is 4.94. The van der Waals surface area contributed by atoms with Crippen molar-refractivity contribution >= 4 is 28.0 Å². The predicted molar refractivity (Wildman–Crippen MR) is 89.4 cm³/mol. The van der Waals surface area contributed by atoms with E-state index in [-0.39, 0.29) is 5.75 Å². The minimum absolute atomic E-state index is 0.107. The molecule has 1 N–H and O–H groups in total. The maximum atomic E-state index is 12.0. The van der Waals surface area contributed by atoms with Crippen LogP contribution in [0.2, 0.25) is 0 Å². The first kappa shape index (κ1) is 16.6. The van der Waals surface area contributed by atoms with Gasteiger partial charge in [0.25, 0.3) is 10.0 Å². The van der Waals surface area contributed by atoms with Gasteiger partial charge >= 0.3 is 0 Å². The van der Waals surface area contributed by atoms with E-state index in [1.807, 2.05) is 6.07 Å². The maximum absolute atomic E-state index is 12.0. The van der Waals surface area contributed by atoms with E-state index in [2.05, 4.69) is 15.3 Å². The van der Waals surface area contributed by atoms with Crippen molar-refractivity contribution in [2.24, 2.45) is 5.10 Å². The van der Waals surface area contributed by atoms with Gasteiger partial charge in [-0.2, -0.15) is 10.4 Å². The first-order valence-corrected chi connectivity index (χ1v) is 9.42. The number of benzene rings is 1. The zero-order valence-electron chi connectivity index (χ0n) is 12.0.